The number of aryl methyl sites for hydroxylation is 1. The predicted octanol–water partition coefficient (Wildman–Crippen LogP) is 4.73. The molecule has 0 saturated carbocycles. The topological polar surface area (TPSA) is 89.4 Å². The number of alkyl halides is 3. The Hall–Kier alpha value is -3.79. The lowest BCUT2D eigenvalue weighted by Gasteiger charge is -2.15. The zero-order valence-corrected chi connectivity index (χ0v) is 18.8. The van der Waals surface area contributed by atoms with Crippen LogP contribution in [0.3, 0.4) is 0 Å². The standard InChI is InChI=1S/C23H19ClF3N3O4/c1-13-9-18(19(34-2)10-16(13)24)29-22(33)15-5-3-4-6-17(15)28-20(31)12-30-11-14(23(25,26)27)7-8-21(30)32/h3-11H,12H2,1-2H3,(H,28,31)(H,29,33). The van der Waals surface area contributed by atoms with Gasteiger partial charge in [0, 0.05) is 23.4 Å². The molecule has 1 heterocycles. The van der Waals surface area contributed by atoms with Crippen LogP contribution < -0.4 is 20.9 Å². The number of methoxy groups -OCH3 is 1. The zero-order valence-electron chi connectivity index (χ0n) is 18.0. The molecule has 0 spiro atoms. The van der Waals surface area contributed by atoms with E-state index >= 15 is 0 Å². The van der Waals surface area contributed by atoms with Gasteiger partial charge >= 0.3 is 6.18 Å². The summed E-state index contributed by atoms with van der Waals surface area (Å²) in [4.78, 5) is 37.3. The minimum Gasteiger partial charge on any atom is -0.495 e. The Kier molecular flexibility index (Phi) is 7.31. The number of benzene rings is 2. The van der Waals surface area contributed by atoms with E-state index in [2.05, 4.69) is 10.6 Å². The molecule has 0 atom stereocenters. The van der Waals surface area contributed by atoms with Crippen molar-refractivity contribution in [3.8, 4) is 5.75 Å². The first-order valence-electron chi connectivity index (χ1n) is 9.81. The van der Waals surface area contributed by atoms with Crippen molar-refractivity contribution >= 4 is 34.8 Å². The van der Waals surface area contributed by atoms with Crippen LogP contribution in [-0.2, 0) is 17.5 Å². The smallest absolute Gasteiger partial charge is 0.417 e. The Labute approximate surface area is 197 Å². The number of para-hydroxylation sites is 1. The van der Waals surface area contributed by atoms with Gasteiger partial charge in [-0.2, -0.15) is 13.2 Å². The number of ether oxygens (including phenoxy) is 1. The maximum absolute atomic E-state index is 12.9. The van der Waals surface area contributed by atoms with Crippen molar-refractivity contribution in [1.29, 1.82) is 0 Å². The van der Waals surface area contributed by atoms with E-state index in [1.165, 1.54) is 19.2 Å². The van der Waals surface area contributed by atoms with Crippen molar-refractivity contribution in [3.05, 3.63) is 86.8 Å². The molecule has 3 rings (SSSR count). The third-order valence-electron chi connectivity index (χ3n) is 4.80. The number of anilines is 2. The van der Waals surface area contributed by atoms with Crippen LogP contribution in [-0.4, -0.2) is 23.5 Å². The highest BCUT2D eigenvalue weighted by Gasteiger charge is 2.31. The van der Waals surface area contributed by atoms with Crippen LogP contribution in [0.1, 0.15) is 21.5 Å². The molecule has 3 aromatic rings. The highest BCUT2D eigenvalue weighted by Crippen LogP contribution is 2.32. The molecule has 2 amide bonds. The summed E-state index contributed by atoms with van der Waals surface area (Å²) in [7, 11) is 1.42. The molecule has 2 N–H and O–H groups in total. The maximum Gasteiger partial charge on any atom is 0.417 e. The largest absolute Gasteiger partial charge is 0.495 e. The van der Waals surface area contributed by atoms with E-state index < -0.39 is 35.7 Å². The van der Waals surface area contributed by atoms with Crippen molar-refractivity contribution in [1.82, 2.24) is 4.57 Å². The zero-order chi connectivity index (χ0) is 25.0. The summed E-state index contributed by atoms with van der Waals surface area (Å²) in [6.45, 7) is 1.07. The molecular weight excluding hydrogens is 475 g/mol. The Morgan fingerprint density at radius 3 is 2.44 bits per heavy atom. The van der Waals surface area contributed by atoms with Gasteiger partial charge in [-0.25, -0.2) is 0 Å². The van der Waals surface area contributed by atoms with Gasteiger partial charge in [-0.3, -0.25) is 14.4 Å². The fourth-order valence-electron chi connectivity index (χ4n) is 3.08. The van der Waals surface area contributed by atoms with Crippen molar-refractivity contribution in [3.63, 3.8) is 0 Å². The first-order valence-corrected chi connectivity index (χ1v) is 10.2. The lowest BCUT2D eigenvalue weighted by Crippen LogP contribution is -2.28. The fraction of sp³-hybridized carbons (Fsp3) is 0.174. The minimum absolute atomic E-state index is 0.0851. The van der Waals surface area contributed by atoms with Crippen LogP contribution in [0.5, 0.6) is 5.75 Å². The quantitative estimate of drug-likeness (QED) is 0.519. The number of hydrogen-bond donors (Lipinski definition) is 2. The van der Waals surface area contributed by atoms with Gasteiger partial charge in [-0.1, -0.05) is 23.7 Å². The average Bonchev–Trinajstić information content (AvgIpc) is 2.77. The number of nitrogens with one attached hydrogen (secondary N) is 2. The van der Waals surface area contributed by atoms with Gasteiger partial charge in [-0.05, 0) is 36.8 Å². The summed E-state index contributed by atoms with van der Waals surface area (Å²) < 4.78 is 44.7. The molecule has 0 saturated heterocycles. The fourth-order valence-corrected chi connectivity index (χ4v) is 3.23. The Morgan fingerprint density at radius 1 is 1.06 bits per heavy atom. The number of halogens is 4. The lowest BCUT2D eigenvalue weighted by molar-refractivity contribution is -0.138. The Bertz CT molecular complexity index is 1310. The molecule has 0 aliphatic rings. The molecule has 7 nitrogen and oxygen atoms in total. The molecule has 0 fully saturated rings. The summed E-state index contributed by atoms with van der Waals surface area (Å²) in [5.41, 5.74) is -0.597. The summed E-state index contributed by atoms with van der Waals surface area (Å²) in [5.74, 6) is -1.04. The highest BCUT2D eigenvalue weighted by atomic mass is 35.5. The van der Waals surface area contributed by atoms with Crippen LogP contribution in [0.4, 0.5) is 24.5 Å². The molecule has 178 valence electrons. The van der Waals surface area contributed by atoms with Crippen LogP contribution in [0.25, 0.3) is 0 Å². The predicted molar refractivity (Wildman–Crippen MR) is 121 cm³/mol. The van der Waals surface area contributed by atoms with E-state index in [0.29, 0.717) is 38.9 Å². The maximum atomic E-state index is 12.9. The first-order chi connectivity index (χ1) is 16.0. The second-order valence-corrected chi connectivity index (χ2v) is 7.64. The van der Waals surface area contributed by atoms with Crippen molar-refractivity contribution in [2.45, 2.75) is 19.6 Å². The number of carbonyl (C=O) groups excluding carboxylic acids is 2. The Morgan fingerprint density at radius 2 is 1.76 bits per heavy atom. The molecule has 34 heavy (non-hydrogen) atoms. The van der Waals surface area contributed by atoms with Gasteiger partial charge < -0.3 is 19.9 Å². The molecular formula is C23H19ClF3N3O4. The van der Waals surface area contributed by atoms with E-state index in [0.717, 1.165) is 6.07 Å². The first kappa shape index (κ1) is 24.8. The number of nitrogens with zero attached hydrogens (tertiary/aromatic N) is 1. The third-order valence-corrected chi connectivity index (χ3v) is 5.21. The molecule has 0 unspecified atom stereocenters. The van der Waals surface area contributed by atoms with Gasteiger partial charge in [0.25, 0.3) is 11.5 Å². The average molecular weight is 494 g/mol. The number of pyridine rings is 1. The van der Waals surface area contributed by atoms with Gasteiger partial charge in [0.05, 0.1) is 29.6 Å². The van der Waals surface area contributed by atoms with E-state index in [4.69, 9.17) is 16.3 Å². The number of aromatic nitrogens is 1. The third kappa shape index (κ3) is 5.76. The normalized spacial score (nSPS) is 11.1. The summed E-state index contributed by atoms with van der Waals surface area (Å²) in [6.07, 6.45) is -4.10. The molecule has 2 aromatic carbocycles. The van der Waals surface area contributed by atoms with Crippen LogP contribution in [0.15, 0.2) is 59.5 Å². The lowest BCUT2D eigenvalue weighted by atomic mass is 10.1. The SMILES string of the molecule is COc1cc(Cl)c(C)cc1NC(=O)c1ccccc1NC(=O)Cn1cc(C(F)(F)F)ccc1=O. The summed E-state index contributed by atoms with van der Waals surface area (Å²) >= 11 is 6.09. The minimum atomic E-state index is -4.67. The van der Waals surface area contributed by atoms with Crippen LogP contribution in [0.2, 0.25) is 5.02 Å². The van der Waals surface area contributed by atoms with E-state index in [1.54, 1.807) is 31.2 Å². The van der Waals surface area contributed by atoms with Crippen LogP contribution >= 0.6 is 11.6 Å². The second kappa shape index (κ2) is 10.0. The van der Waals surface area contributed by atoms with E-state index in [9.17, 15) is 27.6 Å². The summed E-state index contributed by atoms with van der Waals surface area (Å²) in [6, 6.07) is 10.6. The molecule has 0 aliphatic heterocycles. The van der Waals surface area contributed by atoms with Crippen molar-refractivity contribution < 1.29 is 27.5 Å². The van der Waals surface area contributed by atoms with Crippen molar-refractivity contribution in [2.75, 3.05) is 17.7 Å². The van der Waals surface area contributed by atoms with Crippen molar-refractivity contribution in [2.24, 2.45) is 0 Å². The molecule has 1 aromatic heterocycles. The number of carbonyl (C=O) groups is 2. The molecule has 0 radical (unpaired) electrons. The monoisotopic (exact) mass is 493 g/mol. The van der Waals surface area contributed by atoms with Gasteiger partial charge in [0.2, 0.25) is 5.91 Å². The second-order valence-electron chi connectivity index (χ2n) is 7.23. The number of hydrogen-bond acceptors (Lipinski definition) is 4. The van der Waals surface area contributed by atoms with E-state index in [-0.39, 0.29) is 11.3 Å². The highest BCUT2D eigenvalue weighted by molar-refractivity contribution is 6.31. The molecule has 11 heteroatoms. The number of amides is 2. The van der Waals surface area contributed by atoms with Gasteiger partial charge in [0.1, 0.15) is 12.3 Å². The summed E-state index contributed by atoms with van der Waals surface area (Å²) in [5, 5.41) is 5.61. The van der Waals surface area contributed by atoms with E-state index in [1.807, 2.05) is 0 Å². The van der Waals surface area contributed by atoms with Gasteiger partial charge in [0.15, 0.2) is 0 Å². The Balaban J connectivity index is 1.81. The molecule has 0 bridgehead atoms. The number of rotatable bonds is 6. The van der Waals surface area contributed by atoms with Crippen LogP contribution in [0, 0.1) is 6.92 Å². The molecule has 0 aliphatic carbocycles. The van der Waals surface area contributed by atoms with Gasteiger partial charge in [-0.15, -0.1) is 0 Å².